The van der Waals surface area contributed by atoms with Gasteiger partial charge in [0.2, 0.25) is 0 Å². The summed E-state index contributed by atoms with van der Waals surface area (Å²) in [5, 5.41) is 1.80. The third-order valence-corrected chi connectivity index (χ3v) is 5.66. The van der Waals surface area contributed by atoms with E-state index < -0.39 is 21.7 Å². The number of methoxy groups -OCH3 is 1. The number of fused-ring (bicyclic) bond motifs is 2. The van der Waals surface area contributed by atoms with Crippen LogP contribution in [0.15, 0.2) is 59.6 Å². The topological polar surface area (TPSA) is 71.2 Å². The molecule has 0 saturated carbocycles. The summed E-state index contributed by atoms with van der Waals surface area (Å²) in [5.41, 5.74) is 0.427. The number of H-pyrrole nitrogens is 1. The number of hydrogen-bond donors (Lipinski definition) is 2. The molecule has 5 nitrogen and oxygen atoms in total. The zero-order valence-corrected chi connectivity index (χ0v) is 14.9. The molecular formula is C19H14F2N2O3S. The van der Waals surface area contributed by atoms with Crippen LogP contribution >= 0.6 is 0 Å². The van der Waals surface area contributed by atoms with Crippen LogP contribution < -0.4 is 9.46 Å². The summed E-state index contributed by atoms with van der Waals surface area (Å²) in [6.07, 6.45) is 1.35. The molecule has 138 valence electrons. The van der Waals surface area contributed by atoms with Crippen LogP contribution in [0.1, 0.15) is 0 Å². The van der Waals surface area contributed by atoms with Crippen LogP contribution in [0.2, 0.25) is 0 Å². The molecule has 1 aromatic heterocycles. The number of halogens is 2. The summed E-state index contributed by atoms with van der Waals surface area (Å²) < 4.78 is 59.9. The molecule has 0 amide bonds. The molecule has 0 unspecified atom stereocenters. The predicted octanol–water partition coefficient (Wildman–Crippen LogP) is 4.41. The molecule has 0 saturated heterocycles. The van der Waals surface area contributed by atoms with Crippen LogP contribution in [-0.2, 0) is 10.0 Å². The first-order valence-electron chi connectivity index (χ1n) is 7.94. The highest BCUT2D eigenvalue weighted by Gasteiger charge is 2.18. The minimum Gasteiger partial charge on any atom is -0.497 e. The lowest BCUT2D eigenvalue weighted by Crippen LogP contribution is -2.12. The molecular weight excluding hydrogens is 374 g/mol. The first-order valence-corrected chi connectivity index (χ1v) is 9.42. The molecule has 27 heavy (non-hydrogen) atoms. The van der Waals surface area contributed by atoms with Crippen molar-refractivity contribution in [3.05, 3.63) is 66.4 Å². The van der Waals surface area contributed by atoms with Crippen molar-refractivity contribution < 1.29 is 21.9 Å². The normalized spacial score (nSPS) is 11.8. The molecule has 0 aliphatic carbocycles. The van der Waals surface area contributed by atoms with E-state index >= 15 is 0 Å². The van der Waals surface area contributed by atoms with E-state index in [2.05, 4.69) is 9.71 Å². The van der Waals surface area contributed by atoms with Gasteiger partial charge in [-0.25, -0.2) is 17.2 Å². The van der Waals surface area contributed by atoms with Gasteiger partial charge in [-0.05, 0) is 41.1 Å². The number of aromatic nitrogens is 1. The van der Waals surface area contributed by atoms with Crippen LogP contribution in [0.25, 0.3) is 21.7 Å². The van der Waals surface area contributed by atoms with Crippen molar-refractivity contribution in [2.45, 2.75) is 4.90 Å². The molecule has 3 aromatic carbocycles. The number of aromatic amines is 1. The minimum atomic E-state index is -3.92. The van der Waals surface area contributed by atoms with Gasteiger partial charge in [-0.3, -0.25) is 4.72 Å². The van der Waals surface area contributed by atoms with Gasteiger partial charge in [0.05, 0.1) is 23.2 Å². The Balaban J connectivity index is 1.73. The first kappa shape index (κ1) is 17.3. The zero-order valence-electron chi connectivity index (χ0n) is 14.1. The van der Waals surface area contributed by atoms with Gasteiger partial charge < -0.3 is 9.72 Å². The quantitative estimate of drug-likeness (QED) is 0.544. The van der Waals surface area contributed by atoms with E-state index in [1.54, 1.807) is 31.4 Å². The highest BCUT2D eigenvalue weighted by Crippen LogP contribution is 2.29. The van der Waals surface area contributed by atoms with E-state index in [0.29, 0.717) is 5.75 Å². The molecule has 4 aromatic rings. The van der Waals surface area contributed by atoms with Crippen molar-refractivity contribution in [3.63, 3.8) is 0 Å². The fraction of sp³-hybridized carbons (Fsp3) is 0.0526. The van der Waals surface area contributed by atoms with Crippen molar-refractivity contribution in [1.29, 1.82) is 0 Å². The SMILES string of the molecule is COc1ccc2cc(S(=O)(=O)Nc3c[nH]c4cc(F)c(F)cc34)ccc2c1. The standard InChI is InChI=1S/C19H14F2N2O3S/c1-26-13-4-2-12-7-14(5-3-11(12)6-13)27(24,25)23-19-10-22-18-9-17(21)16(20)8-15(18)19/h2-10,22-23H,1H3. The lowest BCUT2D eigenvalue weighted by molar-refractivity contribution is 0.415. The summed E-state index contributed by atoms with van der Waals surface area (Å²) in [4.78, 5) is 2.78. The molecule has 0 atom stereocenters. The smallest absolute Gasteiger partial charge is 0.261 e. The third-order valence-electron chi connectivity index (χ3n) is 4.30. The number of benzene rings is 3. The number of anilines is 1. The van der Waals surface area contributed by atoms with Crippen LogP contribution in [-0.4, -0.2) is 20.5 Å². The Labute approximate surface area is 153 Å². The fourth-order valence-corrected chi connectivity index (χ4v) is 4.01. The molecule has 2 N–H and O–H groups in total. The highest BCUT2D eigenvalue weighted by molar-refractivity contribution is 7.92. The van der Waals surface area contributed by atoms with E-state index in [1.807, 2.05) is 0 Å². The lowest BCUT2D eigenvalue weighted by Gasteiger charge is -2.09. The Morgan fingerprint density at radius 2 is 1.67 bits per heavy atom. The van der Waals surface area contributed by atoms with Gasteiger partial charge >= 0.3 is 0 Å². The van der Waals surface area contributed by atoms with Crippen molar-refractivity contribution in [2.24, 2.45) is 0 Å². The number of nitrogens with one attached hydrogen (secondary N) is 2. The maximum atomic E-state index is 13.5. The van der Waals surface area contributed by atoms with Crippen molar-refractivity contribution in [1.82, 2.24) is 4.98 Å². The minimum absolute atomic E-state index is 0.0529. The first-order chi connectivity index (χ1) is 12.9. The van der Waals surface area contributed by atoms with Crippen LogP contribution in [0, 0.1) is 11.6 Å². The molecule has 0 fully saturated rings. The molecule has 1 heterocycles. The zero-order chi connectivity index (χ0) is 19.2. The van der Waals surface area contributed by atoms with Gasteiger partial charge in [-0.2, -0.15) is 0 Å². The average molecular weight is 388 g/mol. The van der Waals surface area contributed by atoms with E-state index in [9.17, 15) is 17.2 Å². The lowest BCUT2D eigenvalue weighted by atomic mass is 10.1. The Morgan fingerprint density at radius 1 is 0.963 bits per heavy atom. The van der Waals surface area contributed by atoms with Gasteiger partial charge in [0.15, 0.2) is 11.6 Å². The Morgan fingerprint density at radius 3 is 2.44 bits per heavy atom. The molecule has 4 rings (SSSR count). The van der Waals surface area contributed by atoms with Gasteiger partial charge in [0, 0.05) is 17.6 Å². The molecule has 0 radical (unpaired) electrons. The molecule has 0 aliphatic heterocycles. The molecule has 8 heteroatoms. The second-order valence-electron chi connectivity index (χ2n) is 5.99. The maximum absolute atomic E-state index is 13.5. The van der Waals surface area contributed by atoms with E-state index in [4.69, 9.17) is 4.74 Å². The van der Waals surface area contributed by atoms with E-state index in [-0.39, 0.29) is 21.5 Å². The monoisotopic (exact) mass is 388 g/mol. The van der Waals surface area contributed by atoms with Crippen LogP contribution in [0.5, 0.6) is 5.75 Å². The number of ether oxygens (including phenoxy) is 1. The molecule has 0 aliphatic rings. The summed E-state index contributed by atoms with van der Waals surface area (Å²) in [7, 11) is -2.37. The van der Waals surface area contributed by atoms with Crippen molar-refractivity contribution in [3.8, 4) is 5.75 Å². The second-order valence-corrected chi connectivity index (χ2v) is 7.68. The van der Waals surface area contributed by atoms with Gasteiger partial charge in [0.1, 0.15) is 5.75 Å². The highest BCUT2D eigenvalue weighted by atomic mass is 32.2. The fourth-order valence-electron chi connectivity index (χ4n) is 2.90. The van der Waals surface area contributed by atoms with Crippen LogP contribution in [0.4, 0.5) is 14.5 Å². The number of hydrogen-bond acceptors (Lipinski definition) is 3. The number of rotatable bonds is 4. The van der Waals surface area contributed by atoms with E-state index in [0.717, 1.165) is 22.9 Å². The Hall–Kier alpha value is -3.13. The summed E-state index contributed by atoms with van der Waals surface area (Å²) in [6.45, 7) is 0. The third kappa shape index (κ3) is 3.08. The summed E-state index contributed by atoms with van der Waals surface area (Å²) in [6, 6.07) is 11.9. The number of sulfonamides is 1. The van der Waals surface area contributed by atoms with Gasteiger partial charge in [-0.15, -0.1) is 0 Å². The Bertz CT molecular complexity index is 1280. The molecule has 0 bridgehead atoms. The summed E-state index contributed by atoms with van der Waals surface area (Å²) >= 11 is 0. The second kappa shape index (κ2) is 6.24. The van der Waals surface area contributed by atoms with Gasteiger partial charge in [0.25, 0.3) is 10.0 Å². The maximum Gasteiger partial charge on any atom is 0.261 e. The van der Waals surface area contributed by atoms with E-state index in [1.165, 1.54) is 18.3 Å². The summed E-state index contributed by atoms with van der Waals surface area (Å²) in [5.74, 6) is -1.39. The van der Waals surface area contributed by atoms with Crippen LogP contribution in [0.3, 0.4) is 0 Å². The molecule has 0 spiro atoms. The predicted molar refractivity (Wildman–Crippen MR) is 99.5 cm³/mol. The van der Waals surface area contributed by atoms with Crippen molar-refractivity contribution in [2.75, 3.05) is 11.8 Å². The Kier molecular flexibility index (Phi) is 4.00. The van der Waals surface area contributed by atoms with Crippen molar-refractivity contribution >= 4 is 37.4 Å². The average Bonchev–Trinajstić information content (AvgIpc) is 3.02. The van der Waals surface area contributed by atoms with Gasteiger partial charge in [-0.1, -0.05) is 12.1 Å². The largest absolute Gasteiger partial charge is 0.497 e.